The fraction of sp³-hybridized carbons (Fsp3) is 0.174. The van der Waals surface area contributed by atoms with E-state index in [-0.39, 0.29) is 15.8 Å². The van der Waals surface area contributed by atoms with Crippen LogP contribution in [0.4, 0.5) is 0 Å². The number of rotatable bonds is 6. The molecule has 4 aromatic rings. The molecular weight excluding hydrogens is 416 g/mol. The number of sulfonamides is 1. The summed E-state index contributed by atoms with van der Waals surface area (Å²) in [5, 5.41) is 0. The van der Waals surface area contributed by atoms with Crippen molar-refractivity contribution in [1.29, 1.82) is 0 Å². The van der Waals surface area contributed by atoms with Crippen molar-refractivity contribution in [1.82, 2.24) is 9.29 Å². The first-order chi connectivity index (χ1) is 14.4. The third-order valence-electron chi connectivity index (χ3n) is 4.95. The Morgan fingerprint density at radius 3 is 1.97 bits per heavy atom. The maximum Gasteiger partial charge on any atom is 0.308 e. The van der Waals surface area contributed by atoms with Gasteiger partial charge in [0.1, 0.15) is 0 Å². The molecular formula is C23H22N2O3S2. The summed E-state index contributed by atoms with van der Waals surface area (Å²) in [4.78, 5) is 12.4. The monoisotopic (exact) mass is 438 g/mol. The molecule has 0 spiro atoms. The first-order valence-corrected chi connectivity index (χ1v) is 11.9. The third-order valence-corrected chi connectivity index (χ3v) is 7.29. The largest absolute Gasteiger partial charge is 0.308 e. The van der Waals surface area contributed by atoms with Gasteiger partial charge in [-0.05, 0) is 43.2 Å². The molecule has 1 heterocycles. The zero-order valence-electron chi connectivity index (χ0n) is 16.6. The van der Waals surface area contributed by atoms with E-state index in [0.717, 1.165) is 28.0 Å². The molecule has 0 aliphatic rings. The second-order valence-electron chi connectivity index (χ2n) is 7.34. The number of benzene rings is 3. The molecule has 3 aromatic carbocycles. The Bertz CT molecular complexity index is 1290. The van der Waals surface area contributed by atoms with E-state index >= 15 is 0 Å². The lowest BCUT2D eigenvalue weighted by molar-refractivity contribution is 0.572. The van der Waals surface area contributed by atoms with Gasteiger partial charge in [0.2, 0.25) is 10.0 Å². The van der Waals surface area contributed by atoms with Crippen LogP contribution in [-0.4, -0.2) is 13.0 Å². The van der Waals surface area contributed by atoms with Crippen molar-refractivity contribution in [3.8, 4) is 0 Å². The smallest absolute Gasteiger partial charge is 0.296 e. The molecule has 0 unspecified atom stereocenters. The maximum absolute atomic E-state index is 13.3. The van der Waals surface area contributed by atoms with Gasteiger partial charge in [0, 0.05) is 6.04 Å². The van der Waals surface area contributed by atoms with Gasteiger partial charge < -0.3 is 0 Å². The van der Waals surface area contributed by atoms with E-state index in [4.69, 9.17) is 0 Å². The van der Waals surface area contributed by atoms with Crippen LogP contribution in [0.5, 0.6) is 0 Å². The molecule has 0 bridgehead atoms. The summed E-state index contributed by atoms with van der Waals surface area (Å²) < 4.78 is 31.7. The lowest BCUT2D eigenvalue weighted by Crippen LogP contribution is -2.29. The molecule has 1 N–H and O–H groups in total. The van der Waals surface area contributed by atoms with Gasteiger partial charge in [-0.1, -0.05) is 72.0 Å². The second kappa shape index (κ2) is 8.18. The average Bonchev–Trinajstić information content (AvgIpc) is 3.08. The fourth-order valence-electron chi connectivity index (χ4n) is 3.52. The Hall–Kier alpha value is -2.74. The Morgan fingerprint density at radius 1 is 0.867 bits per heavy atom. The predicted octanol–water partition coefficient (Wildman–Crippen LogP) is 4.71. The van der Waals surface area contributed by atoms with Gasteiger partial charge in [-0.3, -0.25) is 9.36 Å². The zero-order valence-corrected chi connectivity index (χ0v) is 18.3. The van der Waals surface area contributed by atoms with Gasteiger partial charge >= 0.3 is 4.87 Å². The zero-order chi connectivity index (χ0) is 21.3. The molecule has 0 saturated heterocycles. The molecule has 154 valence electrons. The van der Waals surface area contributed by atoms with Crippen LogP contribution in [0.2, 0.25) is 0 Å². The standard InChI is InChI=1S/C23H22N2O3S2/c1-16(2)25-20-14-13-19(15-21(20)29-23(25)26)30(27,28)24-22(17-9-5-3-6-10-17)18-11-7-4-8-12-18/h3-16,22,24H,1-2H3. The molecule has 0 aliphatic heterocycles. The quantitative estimate of drug-likeness (QED) is 0.474. The Kier molecular flexibility index (Phi) is 5.60. The first-order valence-electron chi connectivity index (χ1n) is 9.64. The third kappa shape index (κ3) is 3.96. The maximum atomic E-state index is 13.3. The lowest BCUT2D eigenvalue weighted by Gasteiger charge is -2.20. The molecule has 30 heavy (non-hydrogen) atoms. The summed E-state index contributed by atoms with van der Waals surface area (Å²) in [6.07, 6.45) is 0. The molecule has 0 amide bonds. The van der Waals surface area contributed by atoms with Crippen LogP contribution < -0.4 is 9.60 Å². The molecule has 0 atom stereocenters. The van der Waals surface area contributed by atoms with E-state index < -0.39 is 16.1 Å². The number of nitrogens with zero attached hydrogens (tertiary/aromatic N) is 1. The van der Waals surface area contributed by atoms with Crippen molar-refractivity contribution in [3.05, 3.63) is 99.7 Å². The van der Waals surface area contributed by atoms with Crippen LogP contribution in [0.1, 0.15) is 37.1 Å². The van der Waals surface area contributed by atoms with Gasteiger partial charge in [0.05, 0.1) is 21.2 Å². The van der Waals surface area contributed by atoms with E-state index in [1.54, 1.807) is 22.8 Å². The fourth-order valence-corrected chi connectivity index (χ4v) is 5.88. The van der Waals surface area contributed by atoms with Crippen molar-refractivity contribution >= 4 is 31.6 Å². The topological polar surface area (TPSA) is 68.2 Å². The highest BCUT2D eigenvalue weighted by Crippen LogP contribution is 2.27. The number of hydrogen-bond acceptors (Lipinski definition) is 4. The Labute approximate surface area is 179 Å². The predicted molar refractivity (Wildman–Crippen MR) is 122 cm³/mol. The average molecular weight is 439 g/mol. The lowest BCUT2D eigenvalue weighted by atomic mass is 10.00. The van der Waals surface area contributed by atoms with Gasteiger partial charge in [-0.15, -0.1) is 0 Å². The first kappa shape index (κ1) is 20.5. The number of nitrogens with one attached hydrogen (secondary N) is 1. The van der Waals surface area contributed by atoms with E-state index in [9.17, 15) is 13.2 Å². The van der Waals surface area contributed by atoms with Crippen LogP contribution >= 0.6 is 11.3 Å². The molecule has 1 aromatic heterocycles. The molecule has 0 fully saturated rings. The molecule has 4 rings (SSSR count). The summed E-state index contributed by atoms with van der Waals surface area (Å²) in [5.74, 6) is 0. The summed E-state index contributed by atoms with van der Waals surface area (Å²) >= 11 is 1.06. The van der Waals surface area contributed by atoms with Gasteiger partial charge in [0.25, 0.3) is 0 Å². The highest BCUT2D eigenvalue weighted by Gasteiger charge is 2.24. The van der Waals surface area contributed by atoms with Crippen LogP contribution in [0.25, 0.3) is 10.2 Å². The van der Waals surface area contributed by atoms with Crippen molar-refractivity contribution in [2.24, 2.45) is 0 Å². The number of fused-ring (bicyclic) bond motifs is 1. The number of thiazole rings is 1. The number of hydrogen-bond donors (Lipinski definition) is 1. The Balaban J connectivity index is 1.76. The molecule has 7 heteroatoms. The van der Waals surface area contributed by atoms with Gasteiger partial charge in [-0.25, -0.2) is 8.42 Å². The minimum Gasteiger partial charge on any atom is -0.296 e. The van der Waals surface area contributed by atoms with Crippen LogP contribution in [0, 0.1) is 0 Å². The van der Waals surface area contributed by atoms with Crippen molar-refractivity contribution in [3.63, 3.8) is 0 Å². The van der Waals surface area contributed by atoms with Crippen LogP contribution in [0.15, 0.2) is 88.6 Å². The summed E-state index contributed by atoms with van der Waals surface area (Å²) in [5.41, 5.74) is 2.45. The minimum atomic E-state index is -3.83. The van der Waals surface area contributed by atoms with Gasteiger partial charge in [-0.2, -0.15) is 4.72 Å². The van der Waals surface area contributed by atoms with Crippen LogP contribution in [-0.2, 0) is 10.0 Å². The minimum absolute atomic E-state index is 0.00683. The normalized spacial score (nSPS) is 12.1. The summed E-state index contributed by atoms with van der Waals surface area (Å²) in [7, 11) is -3.83. The SMILES string of the molecule is CC(C)n1c(=O)sc2cc(S(=O)(=O)NC(c3ccccc3)c3ccccc3)ccc21. The molecule has 5 nitrogen and oxygen atoms in total. The Morgan fingerprint density at radius 2 is 1.43 bits per heavy atom. The van der Waals surface area contributed by atoms with Gasteiger partial charge in [0.15, 0.2) is 0 Å². The highest BCUT2D eigenvalue weighted by molar-refractivity contribution is 7.89. The van der Waals surface area contributed by atoms with E-state index in [1.165, 1.54) is 0 Å². The number of aromatic nitrogens is 1. The van der Waals surface area contributed by atoms with Crippen molar-refractivity contribution in [2.45, 2.75) is 30.8 Å². The molecule has 0 radical (unpaired) electrons. The van der Waals surface area contributed by atoms with Crippen LogP contribution in [0.3, 0.4) is 0 Å². The second-order valence-corrected chi connectivity index (χ2v) is 10.0. The highest BCUT2D eigenvalue weighted by atomic mass is 32.2. The van der Waals surface area contributed by atoms with Crippen molar-refractivity contribution in [2.75, 3.05) is 0 Å². The van der Waals surface area contributed by atoms with Crippen molar-refractivity contribution < 1.29 is 8.42 Å². The van der Waals surface area contributed by atoms with E-state index in [1.807, 2.05) is 74.5 Å². The summed E-state index contributed by atoms with van der Waals surface area (Å²) in [6.45, 7) is 3.87. The summed E-state index contributed by atoms with van der Waals surface area (Å²) in [6, 6.07) is 23.3. The molecule has 0 aliphatic carbocycles. The molecule has 0 saturated carbocycles. The van der Waals surface area contributed by atoms with E-state index in [2.05, 4.69) is 4.72 Å². The van der Waals surface area contributed by atoms with E-state index in [0.29, 0.717) is 4.70 Å².